The van der Waals surface area contributed by atoms with Gasteiger partial charge in [-0.15, -0.1) is 10.2 Å². The van der Waals surface area contributed by atoms with Crippen molar-refractivity contribution in [1.82, 2.24) is 15.5 Å². The lowest BCUT2D eigenvalue weighted by Gasteiger charge is -2.13. The molecule has 0 aliphatic rings. The summed E-state index contributed by atoms with van der Waals surface area (Å²) in [5.74, 6) is 1.10. The minimum absolute atomic E-state index is 0.00747. The van der Waals surface area contributed by atoms with Crippen molar-refractivity contribution >= 4 is 39.8 Å². The fraction of sp³-hybridized carbons (Fsp3) is 0.286. The molecule has 0 saturated carbocycles. The van der Waals surface area contributed by atoms with E-state index in [1.165, 1.54) is 28.7 Å². The summed E-state index contributed by atoms with van der Waals surface area (Å²) >= 11 is 2.81. The maximum Gasteiger partial charge on any atom is 0.230 e. The van der Waals surface area contributed by atoms with Gasteiger partial charge in [-0.05, 0) is 37.5 Å². The number of nitrogens with one attached hydrogen (secondary N) is 2. The Morgan fingerprint density at radius 2 is 2.00 bits per heavy atom. The Hall–Kier alpha value is -2.58. The van der Waals surface area contributed by atoms with E-state index in [1.54, 1.807) is 7.11 Å². The van der Waals surface area contributed by atoms with Gasteiger partial charge >= 0.3 is 0 Å². The number of amides is 1. The minimum atomic E-state index is 0.00747. The number of hydrogen-bond acceptors (Lipinski definition) is 7. The molecule has 6 nitrogen and oxygen atoms in total. The minimum Gasteiger partial charge on any atom is -0.497 e. The van der Waals surface area contributed by atoms with Crippen molar-refractivity contribution < 1.29 is 9.53 Å². The van der Waals surface area contributed by atoms with Crippen LogP contribution in [0.25, 0.3) is 0 Å². The number of benzene rings is 2. The first-order valence-electron chi connectivity index (χ1n) is 9.33. The summed E-state index contributed by atoms with van der Waals surface area (Å²) in [6, 6.07) is 18.0. The predicted octanol–water partition coefficient (Wildman–Crippen LogP) is 4.52. The fourth-order valence-electron chi connectivity index (χ4n) is 2.69. The van der Waals surface area contributed by atoms with E-state index < -0.39 is 0 Å². The van der Waals surface area contributed by atoms with Crippen LogP contribution in [0.5, 0.6) is 5.75 Å². The van der Waals surface area contributed by atoms with E-state index in [1.807, 2.05) is 49.4 Å². The zero-order chi connectivity index (χ0) is 20.5. The highest BCUT2D eigenvalue weighted by molar-refractivity contribution is 8.01. The molecule has 0 spiro atoms. The third-order valence-corrected chi connectivity index (χ3v) is 6.14. The fourth-order valence-corrected chi connectivity index (χ4v) is 4.27. The van der Waals surface area contributed by atoms with Gasteiger partial charge in [-0.3, -0.25) is 4.79 Å². The summed E-state index contributed by atoms with van der Waals surface area (Å²) in [4.78, 5) is 12.2. The van der Waals surface area contributed by atoms with Crippen LogP contribution < -0.4 is 15.4 Å². The van der Waals surface area contributed by atoms with E-state index in [4.69, 9.17) is 4.74 Å². The van der Waals surface area contributed by atoms with Crippen molar-refractivity contribution in [2.45, 2.75) is 30.1 Å². The third-order valence-electron chi connectivity index (χ3n) is 4.17. The Balaban J connectivity index is 1.41. The number of hydrogen-bond donors (Lipinski definition) is 2. The van der Waals surface area contributed by atoms with Crippen molar-refractivity contribution in [2.24, 2.45) is 0 Å². The van der Waals surface area contributed by atoms with E-state index in [0.29, 0.717) is 10.9 Å². The van der Waals surface area contributed by atoms with E-state index >= 15 is 0 Å². The maximum atomic E-state index is 12.2. The van der Waals surface area contributed by atoms with Gasteiger partial charge in [0.2, 0.25) is 11.0 Å². The zero-order valence-electron chi connectivity index (χ0n) is 16.4. The molecule has 1 unspecified atom stereocenters. The SMILES string of the molecule is COc1cccc(Nc2nnc(SCC(=O)NC(C)CCc3ccccc3)s2)c1. The van der Waals surface area contributed by atoms with Crippen molar-refractivity contribution in [3.8, 4) is 5.75 Å². The first kappa shape index (κ1) is 21.1. The smallest absolute Gasteiger partial charge is 0.230 e. The summed E-state index contributed by atoms with van der Waals surface area (Å²) in [6.07, 6.45) is 1.86. The second kappa shape index (κ2) is 10.8. The second-order valence-electron chi connectivity index (χ2n) is 6.51. The summed E-state index contributed by atoms with van der Waals surface area (Å²) in [5, 5.41) is 15.2. The third kappa shape index (κ3) is 7.07. The van der Waals surface area contributed by atoms with Crippen LogP contribution in [-0.2, 0) is 11.2 Å². The maximum absolute atomic E-state index is 12.2. The highest BCUT2D eigenvalue weighted by Gasteiger charge is 2.11. The van der Waals surface area contributed by atoms with Crippen LogP contribution in [0.3, 0.4) is 0 Å². The molecular weight excluding hydrogens is 404 g/mol. The number of methoxy groups -OCH3 is 1. The molecule has 0 aliphatic carbocycles. The molecule has 1 amide bonds. The van der Waals surface area contributed by atoms with E-state index in [-0.39, 0.29) is 11.9 Å². The Bertz CT molecular complexity index is 918. The molecule has 2 aromatic carbocycles. The number of nitrogens with zero attached hydrogens (tertiary/aromatic N) is 2. The molecule has 3 aromatic rings. The van der Waals surface area contributed by atoms with Gasteiger partial charge in [0.1, 0.15) is 5.75 Å². The molecule has 0 aliphatic heterocycles. The number of aromatic nitrogens is 2. The Morgan fingerprint density at radius 1 is 1.17 bits per heavy atom. The van der Waals surface area contributed by atoms with Crippen LogP contribution >= 0.6 is 23.1 Å². The molecule has 1 heterocycles. The van der Waals surface area contributed by atoms with Gasteiger partial charge in [-0.2, -0.15) is 0 Å². The van der Waals surface area contributed by atoms with Gasteiger partial charge in [0.05, 0.1) is 12.9 Å². The number of aryl methyl sites for hydroxylation is 1. The van der Waals surface area contributed by atoms with Gasteiger partial charge in [-0.1, -0.05) is 59.5 Å². The Labute approximate surface area is 179 Å². The molecule has 3 rings (SSSR count). The monoisotopic (exact) mass is 428 g/mol. The molecular formula is C21H24N4O2S2. The number of ether oxygens (including phenoxy) is 1. The van der Waals surface area contributed by atoms with Crippen molar-refractivity contribution in [1.29, 1.82) is 0 Å². The van der Waals surface area contributed by atoms with Crippen LogP contribution in [0.2, 0.25) is 0 Å². The molecule has 0 radical (unpaired) electrons. The molecule has 29 heavy (non-hydrogen) atoms. The number of carbonyl (C=O) groups excluding carboxylic acids is 1. The van der Waals surface area contributed by atoms with Crippen LogP contribution in [0.15, 0.2) is 58.9 Å². The molecule has 1 atom stereocenters. The van der Waals surface area contributed by atoms with Gasteiger partial charge in [0, 0.05) is 17.8 Å². The summed E-state index contributed by atoms with van der Waals surface area (Å²) in [7, 11) is 1.63. The second-order valence-corrected chi connectivity index (χ2v) is 8.71. The molecule has 0 fully saturated rings. The number of thioether (sulfide) groups is 1. The van der Waals surface area contributed by atoms with E-state index in [0.717, 1.165) is 28.6 Å². The van der Waals surface area contributed by atoms with E-state index in [9.17, 15) is 4.79 Å². The first-order valence-corrected chi connectivity index (χ1v) is 11.1. The van der Waals surface area contributed by atoms with Crippen LogP contribution in [0.1, 0.15) is 18.9 Å². The van der Waals surface area contributed by atoms with Gasteiger partial charge in [0.15, 0.2) is 4.34 Å². The van der Waals surface area contributed by atoms with Gasteiger partial charge < -0.3 is 15.4 Å². The molecule has 2 N–H and O–H groups in total. The van der Waals surface area contributed by atoms with Crippen LogP contribution in [0.4, 0.5) is 10.8 Å². The largest absolute Gasteiger partial charge is 0.497 e. The topological polar surface area (TPSA) is 76.1 Å². The Morgan fingerprint density at radius 3 is 2.79 bits per heavy atom. The number of carbonyl (C=O) groups is 1. The molecule has 152 valence electrons. The average molecular weight is 429 g/mol. The first-order chi connectivity index (χ1) is 14.1. The summed E-state index contributed by atoms with van der Waals surface area (Å²) < 4.78 is 5.97. The van der Waals surface area contributed by atoms with Gasteiger partial charge in [-0.25, -0.2) is 0 Å². The summed E-state index contributed by atoms with van der Waals surface area (Å²) in [5.41, 5.74) is 2.16. The molecule has 0 saturated heterocycles. The zero-order valence-corrected chi connectivity index (χ0v) is 18.1. The highest BCUT2D eigenvalue weighted by Crippen LogP contribution is 2.28. The summed E-state index contributed by atoms with van der Waals surface area (Å²) in [6.45, 7) is 2.03. The normalized spacial score (nSPS) is 11.7. The molecule has 8 heteroatoms. The lowest BCUT2D eigenvalue weighted by atomic mass is 10.1. The van der Waals surface area contributed by atoms with Crippen molar-refractivity contribution in [3.63, 3.8) is 0 Å². The lowest BCUT2D eigenvalue weighted by Crippen LogP contribution is -2.34. The van der Waals surface area contributed by atoms with Gasteiger partial charge in [0.25, 0.3) is 0 Å². The molecule has 1 aromatic heterocycles. The van der Waals surface area contributed by atoms with E-state index in [2.05, 4.69) is 33.0 Å². The number of anilines is 2. The Kier molecular flexibility index (Phi) is 7.89. The number of rotatable bonds is 10. The standard InChI is InChI=1S/C21H24N4O2S2/c1-15(11-12-16-7-4-3-5-8-16)22-19(26)14-28-21-25-24-20(29-21)23-17-9-6-10-18(13-17)27-2/h3-10,13,15H,11-12,14H2,1-2H3,(H,22,26)(H,23,24). The molecule has 0 bridgehead atoms. The average Bonchev–Trinajstić information content (AvgIpc) is 3.19. The van der Waals surface area contributed by atoms with Crippen LogP contribution in [0, 0.1) is 0 Å². The quantitative estimate of drug-likeness (QED) is 0.463. The van der Waals surface area contributed by atoms with Crippen LogP contribution in [-0.4, -0.2) is 35.0 Å². The highest BCUT2D eigenvalue weighted by atomic mass is 32.2. The predicted molar refractivity (Wildman–Crippen MR) is 119 cm³/mol. The lowest BCUT2D eigenvalue weighted by molar-refractivity contribution is -0.119. The van der Waals surface area contributed by atoms with Crippen molar-refractivity contribution in [3.05, 3.63) is 60.2 Å². The van der Waals surface area contributed by atoms with Crippen molar-refractivity contribution in [2.75, 3.05) is 18.2 Å².